The molecule has 2 aromatic rings. The minimum atomic E-state index is 0.0480. The molecule has 0 N–H and O–H groups in total. The second-order valence-corrected chi connectivity index (χ2v) is 5.50. The lowest BCUT2D eigenvalue weighted by Crippen LogP contribution is -2.20. The molecule has 1 aromatic heterocycles. The molecule has 0 spiro atoms. The van der Waals surface area contributed by atoms with Crippen LogP contribution in [0.4, 0.5) is 0 Å². The topological polar surface area (TPSA) is 29.5 Å². The molecule has 0 saturated carbocycles. The molecule has 0 saturated heterocycles. The average molecular weight is 259 g/mol. The van der Waals surface area contributed by atoms with Gasteiger partial charge < -0.3 is 9.64 Å². The minimum absolute atomic E-state index is 0.0480. The van der Waals surface area contributed by atoms with Crippen molar-refractivity contribution in [2.45, 2.75) is 6.61 Å². The summed E-state index contributed by atoms with van der Waals surface area (Å²) in [5.74, 6) is 0.947. The first-order valence-corrected chi connectivity index (χ1v) is 6.55. The molecular weight excluding hydrogens is 246 g/mol. The van der Waals surface area contributed by atoms with Gasteiger partial charge in [-0.05, 0) is 18.2 Å². The quantitative estimate of drug-likeness (QED) is 0.788. The first-order chi connectivity index (χ1) is 8.66. The van der Waals surface area contributed by atoms with Gasteiger partial charge in [0.05, 0.1) is 4.88 Å². The Morgan fingerprint density at radius 2 is 2.11 bits per heavy atom. The number of rotatable bonds is 1. The maximum absolute atomic E-state index is 12.0. The third kappa shape index (κ3) is 1.69. The second kappa shape index (κ2) is 4.14. The van der Waals surface area contributed by atoms with Crippen molar-refractivity contribution in [3.8, 4) is 16.2 Å². The predicted molar refractivity (Wildman–Crippen MR) is 72.1 cm³/mol. The van der Waals surface area contributed by atoms with E-state index in [9.17, 15) is 4.79 Å². The molecule has 1 aromatic carbocycles. The molecule has 3 rings (SSSR count). The SMILES string of the molecule is CN(C)C(=O)c1cc2c(s1)-c1ccccc1OC2. The third-order valence-corrected chi connectivity index (χ3v) is 4.14. The summed E-state index contributed by atoms with van der Waals surface area (Å²) in [4.78, 5) is 15.5. The largest absolute Gasteiger partial charge is 0.488 e. The van der Waals surface area contributed by atoms with Gasteiger partial charge in [0.1, 0.15) is 12.4 Å². The van der Waals surface area contributed by atoms with E-state index in [1.165, 1.54) is 0 Å². The van der Waals surface area contributed by atoms with Crippen LogP contribution >= 0.6 is 11.3 Å². The average Bonchev–Trinajstić information content (AvgIpc) is 2.81. The van der Waals surface area contributed by atoms with Gasteiger partial charge in [-0.15, -0.1) is 11.3 Å². The van der Waals surface area contributed by atoms with E-state index in [2.05, 4.69) is 0 Å². The fraction of sp³-hybridized carbons (Fsp3) is 0.214. The van der Waals surface area contributed by atoms with Gasteiger partial charge in [-0.3, -0.25) is 4.79 Å². The fourth-order valence-electron chi connectivity index (χ4n) is 2.03. The zero-order valence-electron chi connectivity index (χ0n) is 10.3. The molecule has 18 heavy (non-hydrogen) atoms. The highest BCUT2D eigenvalue weighted by Gasteiger charge is 2.22. The number of carbonyl (C=O) groups excluding carboxylic acids is 1. The molecule has 92 valence electrons. The maximum atomic E-state index is 12.0. The fourth-order valence-corrected chi connectivity index (χ4v) is 3.24. The summed E-state index contributed by atoms with van der Waals surface area (Å²) >= 11 is 1.54. The molecule has 0 bridgehead atoms. The highest BCUT2D eigenvalue weighted by Crippen LogP contribution is 2.42. The van der Waals surface area contributed by atoms with Crippen LogP contribution in [0.3, 0.4) is 0 Å². The number of thiophene rings is 1. The van der Waals surface area contributed by atoms with E-state index in [1.807, 2.05) is 30.3 Å². The first-order valence-electron chi connectivity index (χ1n) is 5.73. The number of fused-ring (bicyclic) bond motifs is 3. The zero-order valence-corrected chi connectivity index (χ0v) is 11.1. The van der Waals surface area contributed by atoms with E-state index in [1.54, 1.807) is 30.3 Å². The minimum Gasteiger partial charge on any atom is -0.488 e. The van der Waals surface area contributed by atoms with Crippen LogP contribution in [0.1, 0.15) is 15.2 Å². The molecule has 0 unspecified atom stereocenters. The Balaban J connectivity index is 2.10. The highest BCUT2D eigenvalue weighted by molar-refractivity contribution is 7.17. The van der Waals surface area contributed by atoms with E-state index >= 15 is 0 Å². The van der Waals surface area contributed by atoms with E-state index in [0.717, 1.165) is 26.6 Å². The van der Waals surface area contributed by atoms with E-state index < -0.39 is 0 Å². The smallest absolute Gasteiger partial charge is 0.263 e. The van der Waals surface area contributed by atoms with Gasteiger partial charge in [-0.25, -0.2) is 0 Å². The number of benzene rings is 1. The van der Waals surface area contributed by atoms with Crippen LogP contribution in [0.5, 0.6) is 5.75 Å². The van der Waals surface area contributed by atoms with Gasteiger partial charge in [-0.2, -0.15) is 0 Å². The van der Waals surface area contributed by atoms with Crippen molar-refractivity contribution in [2.75, 3.05) is 14.1 Å². The number of amides is 1. The molecule has 0 aliphatic carbocycles. The third-order valence-electron chi connectivity index (χ3n) is 2.94. The molecule has 1 aliphatic rings. The second-order valence-electron chi connectivity index (χ2n) is 4.45. The lowest BCUT2D eigenvalue weighted by molar-refractivity contribution is 0.0832. The number of nitrogens with zero attached hydrogens (tertiary/aromatic N) is 1. The first kappa shape index (κ1) is 11.3. The molecule has 4 heteroatoms. The number of ether oxygens (including phenoxy) is 1. The highest BCUT2D eigenvalue weighted by atomic mass is 32.1. The van der Waals surface area contributed by atoms with Crippen molar-refractivity contribution in [3.63, 3.8) is 0 Å². The van der Waals surface area contributed by atoms with Gasteiger partial charge in [0, 0.05) is 30.1 Å². The molecule has 3 nitrogen and oxygen atoms in total. The molecule has 2 heterocycles. The summed E-state index contributed by atoms with van der Waals surface area (Å²) in [5.41, 5.74) is 2.19. The van der Waals surface area contributed by atoms with Gasteiger partial charge in [0.2, 0.25) is 0 Å². The summed E-state index contributed by atoms with van der Waals surface area (Å²) in [6.07, 6.45) is 0. The number of hydrogen-bond donors (Lipinski definition) is 0. The molecular formula is C14H13NO2S. The summed E-state index contributed by atoms with van der Waals surface area (Å²) in [6.45, 7) is 0.545. The molecule has 0 radical (unpaired) electrons. The number of para-hydroxylation sites is 1. The summed E-state index contributed by atoms with van der Waals surface area (Å²) in [5, 5.41) is 0. The van der Waals surface area contributed by atoms with Crippen molar-refractivity contribution in [1.82, 2.24) is 4.90 Å². The van der Waals surface area contributed by atoms with E-state index in [4.69, 9.17) is 4.74 Å². The Labute approximate surface area is 110 Å². The monoisotopic (exact) mass is 259 g/mol. The van der Waals surface area contributed by atoms with Crippen LogP contribution in [0, 0.1) is 0 Å². The summed E-state index contributed by atoms with van der Waals surface area (Å²) in [7, 11) is 3.54. The predicted octanol–water partition coefficient (Wildman–Crippen LogP) is 3.01. The van der Waals surface area contributed by atoms with E-state index in [0.29, 0.717) is 6.61 Å². The van der Waals surface area contributed by atoms with Crippen LogP contribution < -0.4 is 4.74 Å². The lowest BCUT2D eigenvalue weighted by atomic mass is 10.1. The Hall–Kier alpha value is -1.81. The van der Waals surface area contributed by atoms with Gasteiger partial charge in [0.25, 0.3) is 5.91 Å². The van der Waals surface area contributed by atoms with Crippen molar-refractivity contribution in [3.05, 3.63) is 40.8 Å². The van der Waals surface area contributed by atoms with Crippen molar-refractivity contribution >= 4 is 17.2 Å². The normalized spacial score (nSPS) is 12.3. The van der Waals surface area contributed by atoms with Crippen LogP contribution in [0.2, 0.25) is 0 Å². The Morgan fingerprint density at radius 1 is 1.33 bits per heavy atom. The Bertz CT molecular complexity index is 616. The standard InChI is InChI=1S/C14H13NO2S/c1-15(2)14(16)12-7-9-8-17-11-6-4-3-5-10(11)13(9)18-12/h3-7H,8H2,1-2H3. The van der Waals surface area contributed by atoms with Crippen molar-refractivity contribution < 1.29 is 9.53 Å². The molecule has 0 fully saturated rings. The van der Waals surface area contributed by atoms with Crippen LogP contribution in [-0.4, -0.2) is 24.9 Å². The van der Waals surface area contributed by atoms with Gasteiger partial charge in [-0.1, -0.05) is 12.1 Å². The lowest BCUT2D eigenvalue weighted by Gasteiger charge is -2.16. The van der Waals surface area contributed by atoms with Gasteiger partial charge >= 0.3 is 0 Å². The summed E-state index contributed by atoms with van der Waals surface area (Å²) < 4.78 is 5.69. The molecule has 0 atom stereocenters. The number of hydrogen-bond acceptors (Lipinski definition) is 3. The van der Waals surface area contributed by atoms with Crippen LogP contribution in [-0.2, 0) is 6.61 Å². The Morgan fingerprint density at radius 3 is 2.89 bits per heavy atom. The van der Waals surface area contributed by atoms with Gasteiger partial charge in [0.15, 0.2) is 0 Å². The zero-order chi connectivity index (χ0) is 12.7. The van der Waals surface area contributed by atoms with E-state index in [-0.39, 0.29) is 5.91 Å². The molecule has 1 aliphatic heterocycles. The van der Waals surface area contributed by atoms with Crippen molar-refractivity contribution in [1.29, 1.82) is 0 Å². The molecule has 1 amide bonds. The number of carbonyl (C=O) groups is 1. The maximum Gasteiger partial charge on any atom is 0.263 e. The Kier molecular flexibility index (Phi) is 2.59. The van der Waals surface area contributed by atoms with Crippen LogP contribution in [0.15, 0.2) is 30.3 Å². The van der Waals surface area contributed by atoms with Crippen LogP contribution in [0.25, 0.3) is 10.4 Å². The van der Waals surface area contributed by atoms with Crippen molar-refractivity contribution in [2.24, 2.45) is 0 Å². The summed E-state index contributed by atoms with van der Waals surface area (Å²) in [6, 6.07) is 9.89.